The Hall–Kier alpha value is -2.94. The van der Waals surface area contributed by atoms with Crippen LogP contribution in [0.15, 0.2) is 28.7 Å². The van der Waals surface area contributed by atoms with Crippen molar-refractivity contribution in [1.29, 1.82) is 5.26 Å². The Kier molecular flexibility index (Phi) is 4.94. The van der Waals surface area contributed by atoms with Crippen molar-refractivity contribution in [3.63, 3.8) is 0 Å². The molecule has 2 heterocycles. The highest BCUT2D eigenvalue weighted by atomic mass is 16.4. The maximum atomic E-state index is 11.7. The second-order valence-corrected chi connectivity index (χ2v) is 6.25. The Morgan fingerprint density at radius 1 is 1.32 bits per heavy atom. The van der Waals surface area contributed by atoms with Crippen molar-refractivity contribution in [2.45, 2.75) is 38.6 Å². The van der Waals surface area contributed by atoms with Crippen molar-refractivity contribution in [2.24, 2.45) is 0 Å². The highest BCUT2D eigenvalue weighted by Crippen LogP contribution is 2.31. The SMILES string of the molecule is CC(=O)N1CCC[C@H](c2nnc(C=Cc3ccc(C#N)cc3)o2)[C@@H]1C. The van der Waals surface area contributed by atoms with Crippen LogP contribution in [0.4, 0.5) is 0 Å². The third-order valence-electron chi connectivity index (χ3n) is 4.62. The molecule has 0 radical (unpaired) electrons. The summed E-state index contributed by atoms with van der Waals surface area (Å²) in [7, 11) is 0. The van der Waals surface area contributed by atoms with Crippen LogP contribution in [0, 0.1) is 11.3 Å². The topological polar surface area (TPSA) is 83.0 Å². The third-order valence-corrected chi connectivity index (χ3v) is 4.62. The maximum absolute atomic E-state index is 11.7. The number of hydrogen-bond donors (Lipinski definition) is 0. The fourth-order valence-corrected chi connectivity index (χ4v) is 3.22. The predicted octanol–water partition coefficient (Wildman–Crippen LogP) is 3.23. The van der Waals surface area contributed by atoms with Gasteiger partial charge >= 0.3 is 0 Å². The maximum Gasteiger partial charge on any atom is 0.240 e. The third kappa shape index (κ3) is 3.77. The minimum absolute atomic E-state index is 0.0575. The van der Waals surface area contributed by atoms with Crippen LogP contribution >= 0.6 is 0 Å². The number of carbonyl (C=O) groups excluding carboxylic acids is 1. The van der Waals surface area contributed by atoms with Gasteiger partial charge in [-0.2, -0.15) is 5.26 Å². The summed E-state index contributed by atoms with van der Waals surface area (Å²) >= 11 is 0. The zero-order chi connectivity index (χ0) is 17.8. The Morgan fingerprint density at radius 2 is 2.08 bits per heavy atom. The van der Waals surface area contributed by atoms with E-state index in [2.05, 4.69) is 16.3 Å². The Morgan fingerprint density at radius 3 is 2.76 bits per heavy atom. The number of hydrogen-bond acceptors (Lipinski definition) is 5. The van der Waals surface area contributed by atoms with Gasteiger partial charge in [0.15, 0.2) is 0 Å². The van der Waals surface area contributed by atoms with E-state index in [0.29, 0.717) is 17.3 Å². The first-order valence-corrected chi connectivity index (χ1v) is 8.37. The monoisotopic (exact) mass is 336 g/mol. The number of benzene rings is 1. The largest absolute Gasteiger partial charge is 0.421 e. The number of amides is 1. The van der Waals surface area contributed by atoms with E-state index in [1.807, 2.05) is 30.0 Å². The Labute approximate surface area is 146 Å². The van der Waals surface area contributed by atoms with Gasteiger partial charge in [-0.1, -0.05) is 12.1 Å². The number of carbonyl (C=O) groups is 1. The lowest BCUT2D eigenvalue weighted by molar-refractivity contribution is -0.132. The highest BCUT2D eigenvalue weighted by molar-refractivity contribution is 5.73. The van der Waals surface area contributed by atoms with Gasteiger partial charge in [0.1, 0.15) is 0 Å². The number of nitriles is 1. The summed E-state index contributed by atoms with van der Waals surface area (Å²) in [6.07, 6.45) is 5.50. The van der Waals surface area contributed by atoms with E-state index in [4.69, 9.17) is 9.68 Å². The zero-order valence-electron chi connectivity index (χ0n) is 14.3. The molecule has 1 amide bonds. The van der Waals surface area contributed by atoms with Crippen LogP contribution in [-0.4, -0.2) is 33.6 Å². The quantitative estimate of drug-likeness (QED) is 0.859. The van der Waals surface area contributed by atoms with Gasteiger partial charge in [0, 0.05) is 25.6 Å². The van der Waals surface area contributed by atoms with Crippen LogP contribution in [0.5, 0.6) is 0 Å². The summed E-state index contributed by atoms with van der Waals surface area (Å²) in [5.41, 5.74) is 1.58. The van der Waals surface area contributed by atoms with Crippen LogP contribution in [-0.2, 0) is 4.79 Å². The van der Waals surface area contributed by atoms with Gasteiger partial charge in [-0.3, -0.25) is 4.79 Å². The van der Waals surface area contributed by atoms with Crippen molar-refractivity contribution in [2.75, 3.05) is 6.54 Å². The molecule has 0 unspecified atom stereocenters. The summed E-state index contributed by atoms with van der Waals surface area (Å²) in [6, 6.07) is 9.40. The first-order valence-electron chi connectivity index (χ1n) is 8.37. The van der Waals surface area contributed by atoms with Gasteiger partial charge in [-0.05, 0) is 43.5 Å². The molecule has 0 bridgehead atoms. The number of piperidine rings is 1. The smallest absolute Gasteiger partial charge is 0.240 e. The molecule has 1 aromatic heterocycles. The van der Waals surface area contributed by atoms with Crippen molar-refractivity contribution in [3.8, 4) is 6.07 Å². The minimum Gasteiger partial charge on any atom is -0.421 e. The molecule has 0 spiro atoms. The summed E-state index contributed by atoms with van der Waals surface area (Å²) in [4.78, 5) is 13.6. The van der Waals surface area contributed by atoms with Gasteiger partial charge in [0.2, 0.25) is 17.7 Å². The van der Waals surface area contributed by atoms with Gasteiger partial charge in [-0.25, -0.2) is 0 Å². The molecule has 128 valence electrons. The molecule has 0 saturated carbocycles. The van der Waals surface area contributed by atoms with Crippen LogP contribution in [0.3, 0.4) is 0 Å². The van der Waals surface area contributed by atoms with Gasteiger partial charge in [-0.15, -0.1) is 10.2 Å². The van der Waals surface area contributed by atoms with Crippen LogP contribution in [0.2, 0.25) is 0 Å². The van der Waals surface area contributed by atoms with Crippen molar-refractivity contribution in [3.05, 3.63) is 47.2 Å². The Balaban J connectivity index is 1.72. The molecular weight excluding hydrogens is 316 g/mol. The van der Waals surface area contributed by atoms with Gasteiger partial charge < -0.3 is 9.32 Å². The molecule has 6 heteroatoms. The first kappa shape index (κ1) is 16.9. The fraction of sp³-hybridized carbons (Fsp3) is 0.368. The van der Waals surface area contributed by atoms with Gasteiger partial charge in [0.05, 0.1) is 17.6 Å². The second kappa shape index (κ2) is 7.31. The molecule has 1 aromatic carbocycles. The molecular formula is C19H20N4O2. The molecule has 6 nitrogen and oxygen atoms in total. The molecule has 2 aromatic rings. The minimum atomic E-state index is 0.0575. The molecule has 0 N–H and O–H groups in total. The van der Waals surface area contributed by atoms with E-state index < -0.39 is 0 Å². The van der Waals surface area contributed by atoms with Crippen molar-refractivity contribution < 1.29 is 9.21 Å². The van der Waals surface area contributed by atoms with E-state index in [0.717, 1.165) is 24.9 Å². The number of aromatic nitrogens is 2. The van der Waals surface area contributed by atoms with Crippen LogP contribution in [0.1, 0.15) is 55.5 Å². The average Bonchev–Trinajstić information content (AvgIpc) is 3.09. The number of rotatable bonds is 3. The summed E-state index contributed by atoms with van der Waals surface area (Å²) in [5.74, 6) is 1.17. The molecule has 3 rings (SSSR count). The summed E-state index contributed by atoms with van der Waals surface area (Å²) in [5, 5.41) is 17.1. The van der Waals surface area contributed by atoms with E-state index in [1.165, 1.54) is 0 Å². The van der Waals surface area contributed by atoms with Gasteiger partial charge in [0.25, 0.3) is 0 Å². The lowest BCUT2D eigenvalue weighted by Crippen LogP contribution is -2.44. The van der Waals surface area contributed by atoms with Crippen LogP contribution in [0.25, 0.3) is 12.2 Å². The molecule has 25 heavy (non-hydrogen) atoms. The lowest BCUT2D eigenvalue weighted by atomic mass is 9.90. The van der Waals surface area contributed by atoms with E-state index in [-0.39, 0.29) is 17.9 Å². The summed E-state index contributed by atoms with van der Waals surface area (Å²) < 4.78 is 5.79. The molecule has 1 saturated heterocycles. The molecule has 1 aliphatic heterocycles. The first-order chi connectivity index (χ1) is 12.1. The zero-order valence-corrected chi connectivity index (χ0v) is 14.3. The fourth-order valence-electron chi connectivity index (χ4n) is 3.22. The second-order valence-electron chi connectivity index (χ2n) is 6.25. The average molecular weight is 336 g/mol. The van der Waals surface area contributed by atoms with E-state index in [9.17, 15) is 4.79 Å². The summed E-state index contributed by atoms with van der Waals surface area (Å²) in [6.45, 7) is 4.41. The van der Waals surface area contributed by atoms with Crippen molar-refractivity contribution in [1.82, 2.24) is 15.1 Å². The van der Waals surface area contributed by atoms with Crippen LogP contribution < -0.4 is 0 Å². The van der Waals surface area contributed by atoms with Crippen molar-refractivity contribution >= 4 is 18.1 Å². The predicted molar refractivity (Wildman–Crippen MR) is 93.2 cm³/mol. The lowest BCUT2D eigenvalue weighted by Gasteiger charge is -2.37. The molecule has 1 aliphatic rings. The standard InChI is InChI=1S/C19H20N4O2/c1-13-17(4-3-11-23(13)14(2)24)19-22-21-18(25-19)10-9-15-5-7-16(12-20)8-6-15/h5-10,13,17H,3-4,11H2,1-2H3/t13-,17-/m0/s1. The van der Waals surface area contributed by atoms with E-state index in [1.54, 1.807) is 25.1 Å². The molecule has 1 fully saturated rings. The highest BCUT2D eigenvalue weighted by Gasteiger charge is 2.33. The number of nitrogens with zero attached hydrogens (tertiary/aromatic N) is 4. The normalized spacial score (nSPS) is 20.6. The molecule has 0 aliphatic carbocycles. The Bertz CT molecular complexity index is 817. The van der Waals surface area contributed by atoms with E-state index >= 15 is 0 Å². The molecule has 2 atom stereocenters. The number of likely N-dealkylation sites (tertiary alicyclic amines) is 1.